The zero-order valence-electron chi connectivity index (χ0n) is 18.0. The van der Waals surface area contributed by atoms with Crippen LogP contribution >= 0.6 is 11.6 Å². The lowest BCUT2D eigenvalue weighted by Crippen LogP contribution is -2.18. The van der Waals surface area contributed by atoms with E-state index in [-0.39, 0.29) is 23.4 Å². The first-order valence-electron chi connectivity index (χ1n) is 10.7. The molecule has 6 nitrogen and oxygen atoms in total. The highest BCUT2D eigenvalue weighted by molar-refractivity contribution is 6.30. The number of carbonyl (C=O) groups excluding carboxylic acids is 2. The summed E-state index contributed by atoms with van der Waals surface area (Å²) in [5, 5.41) is 17.7. The van der Waals surface area contributed by atoms with E-state index in [9.17, 15) is 14.7 Å². The first-order chi connectivity index (χ1) is 15.5. The zero-order valence-corrected chi connectivity index (χ0v) is 18.8. The van der Waals surface area contributed by atoms with Crippen LogP contribution in [0.2, 0.25) is 5.02 Å². The fraction of sp³-hybridized carbons (Fsp3) is 0.320. The lowest BCUT2D eigenvalue weighted by Gasteiger charge is -2.24. The van der Waals surface area contributed by atoms with E-state index < -0.39 is 0 Å². The highest BCUT2D eigenvalue weighted by Gasteiger charge is 2.28. The normalized spacial score (nSPS) is 16.4. The molecule has 0 aromatic heterocycles. The molecule has 168 valence electrons. The Balaban J connectivity index is 1.57. The van der Waals surface area contributed by atoms with Gasteiger partial charge in [-0.15, -0.1) is 0 Å². The highest BCUT2D eigenvalue weighted by Crippen LogP contribution is 2.35. The molecule has 0 saturated heterocycles. The zero-order chi connectivity index (χ0) is 22.9. The molecule has 32 heavy (non-hydrogen) atoms. The number of hydrogen-bond donors (Lipinski definition) is 2. The standard InChI is InChI=1S/C25H27ClN2O4/c1-2-32-27-14-4-3-5-22-23(29)15-19(16-24(22)30)17-8-12-21(13-9-17)28-25(31)18-6-10-20(26)11-7-18/h6-14,19,29H,2-5,15-16H2,1H3,(H,28,31). The van der Waals surface area contributed by atoms with E-state index in [1.807, 2.05) is 31.2 Å². The smallest absolute Gasteiger partial charge is 0.255 e. The third-order valence-corrected chi connectivity index (χ3v) is 5.59. The van der Waals surface area contributed by atoms with Crippen molar-refractivity contribution in [1.82, 2.24) is 0 Å². The summed E-state index contributed by atoms with van der Waals surface area (Å²) in [4.78, 5) is 29.8. The summed E-state index contributed by atoms with van der Waals surface area (Å²) in [6, 6.07) is 14.1. The Morgan fingerprint density at radius 1 is 1.19 bits per heavy atom. The molecule has 0 saturated carbocycles. The van der Waals surface area contributed by atoms with E-state index in [0.717, 1.165) is 12.0 Å². The largest absolute Gasteiger partial charge is 0.512 e. The van der Waals surface area contributed by atoms with Crippen LogP contribution in [-0.4, -0.2) is 29.6 Å². The molecule has 1 unspecified atom stereocenters. The van der Waals surface area contributed by atoms with Crippen molar-refractivity contribution in [2.75, 3.05) is 11.9 Å². The first-order valence-corrected chi connectivity index (χ1v) is 11.1. The SMILES string of the molecule is CCON=CCCCC1=C(O)CC(c2ccc(NC(=O)c3ccc(Cl)cc3)cc2)CC1=O. The van der Waals surface area contributed by atoms with Gasteiger partial charge in [-0.1, -0.05) is 28.9 Å². The molecule has 0 bridgehead atoms. The molecule has 1 amide bonds. The molecule has 1 aliphatic carbocycles. The molecule has 2 N–H and O–H groups in total. The third kappa shape index (κ3) is 6.44. The van der Waals surface area contributed by atoms with E-state index in [4.69, 9.17) is 16.4 Å². The number of ketones is 1. The van der Waals surface area contributed by atoms with E-state index in [1.54, 1.807) is 30.5 Å². The van der Waals surface area contributed by atoms with Crippen molar-refractivity contribution >= 4 is 35.2 Å². The fourth-order valence-electron chi connectivity index (χ4n) is 3.65. The minimum Gasteiger partial charge on any atom is -0.512 e. The number of anilines is 1. The van der Waals surface area contributed by atoms with Crippen LogP contribution in [0.5, 0.6) is 0 Å². The summed E-state index contributed by atoms with van der Waals surface area (Å²) in [6.45, 7) is 2.39. The molecule has 0 heterocycles. The van der Waals surface area contributed by atoms with Gasteiger partial charge in [0.15, 0.2) is 5.78 Å². The minimum atomic E-state index is -0.223. The average Bonchev–Trinajstić information content (AvgIpc) is 2.78. The lowest BCUT2D eigenvalue weighted by molar-refractivity contribution is -0.116. The van der Waals surface area contributed by atoms with Crippen molar-refractivity contribution in [3.8, 4) is 0 Å². The Morgan fingerprint density at radius 3 is 2.56 bits per heavy atom. The number of unbranched alkanes of at least 4 members (excludes halogenated alkanes) is 1. The molecule has 2 aromatic carbocycles. The maximum Gasteiger partial charge on any atom is 0.255 e. The summed E-state index contributed by atoms with van der Waals surface area (Å²) in [5.41, 5.74) is 2.66. The third-order valence-electron chi connectivity index (χ3n) is 5.34. The van der Waals surface area contributed by atoms with Gasteiger partial charge in [0.25, 0.3) is 5.91 Å². The number of aliphatic hydroxyl groups is 1. The van der Waals surface area contributed by atoms with Crippen LogP contribution in [0.4, 0.5) is 5.69 Å². The van der Waals surface area contributed by atoms with E-state index in [1.165, 1.54) is 0 Å². The van der Waals surface area contributed by atoms with Crippen LogP contribution in [0.1, 0.15) is 60.9 Å². The lowest BCUT2D eigenvalue weighted by atomic mass is 9.81. The van der Waals surface area contributed by atoms with Crippen LogP contribution in [0.15, 0.2) is 65.0 Å². The quantitative estimate of drug-likeness (QED) is 0.274. The van der Waals surface area contributed by atoms with Gasteiger partial charge in [0, 0.05) is 40.9 Å². The second-order valence-corrected chi connectivity index (χ2v) is 8.07. The molecule has 2 aromatic rings. The maximum absolute atomic E-state index is 12.6. The monoisotopic (exact) mass is 454 g/mol. The number of halogens is 1. The number of carbonyl (C=O) groups is 2. The number of amides is 1. The number of nitrogens with one attached hydrogen (secondary N) is 1. The Morgan fingerprint density at radius 2 is 1.91 bits per heavy atom. The molecule has 0 spiro atoms. The predicted molar refractivity (Wildman–Crippen MR) is 126 cm³/mol. The molecule has 7 heteroatoms. The van der Waals surface area contributed by atoms with Gasteiger partial charge in [-0.3, -0.25) is 9.59 Å². The molecule has 0 fully saturated rings. The number of aliphatic hydroxyl groups excluding tert-OH is 1. The second kappa shape index (κ2) is 11.5. The van der Waals surface area contributed by atoms with Crippen molar-refractivity contribution < 1.29 is 19.5 Å². The van der Waals surface area contributed by atoms with Crippen molar-refractivity contribution in [1.29, 1.82) is 0 Å². The van der Waals surface area contributed by atoms with Gasteiger partial charge < -0.3 is 15.3 Å². The van der Waals surface area contributed by atoms with E-state index >= 15 is 0 Å². The molecule has 3 rings (SSSR count). The highest BCUT2D eigenvalue weighted by atomic mass is 35.5. The molecule has 1 aliphatic rings. The number of rotatable bonds is 9. The summed E-state index contributed by atoms with van der Waals surface area (Å²) in [5.74, 6) is -0.140. The van der Waals surface area contributed by atoms with Crippen LogP contribution in [-0.2, 0) is 9.63 Å². The molecular formula is C25H27ClN2O4. The number of Topliss-reactive ketones (excluding diaryl/α,β-unsaturated/α-hetero) is 1. The fourth-order valence-corrected chi connectivity index (χ4v) is 3.78. The van der Waals surface area contributed by atoms with E-state index in [0.29, 0.717) is 54.1 Å². The summed E-state index contributed by atoms with van der Waals surface area (Å²) in [6.07, 6.45) is 4.44. The van der Waals surface area contributed by atoms with Crippen LogP contribution in [0, 0.1) is 0 Å². The number of oxime groups is 1. The maximum atomic E-state index is 12.6. The van der Waals surface area contributed by atoms with Gasteiger partial charge in [-0.05, 0) is 74.1 Å². The Bertz CT molecular complexity index is 998. The summed E-state index contributed by atoms with van der Waals surface area (Å²) < 4.78 is 0. The second-order valence-electron chi connectivity index (χ2n) is 7.63. The van der Waals surface area contributed by atoms with Crippen LogP contribution in [0.3, 0.4) is 0 Å². The van der Waals surface area contributed by atoms with Crippen molar-refractivity contribution in [3.05, 3.63) is 76.0 Å². The first kappa shape index (κ1) is 23.5. The number of allylic oxidation sites excluding steroid dienone is 2. The molecule has 0 aliphatic heterocycles. The average molecular weight is 455 g/mol. The van der Waals surface area contributed by atoms with E-state index in [2.05, 4.69) is 10.5 Å². The minimum absolute atomic E-state index is 0.0133. The van der Waals surface area contributed by atoms with Gasteiger partial charge in [-0.25, -0.2) is 0 Å². The summed E-state index contributed by atoms with van der Waals surface area (Å²) >= 11 is 5.86. The Kier molecular flexibility index (Phi) is 8.45. The predicted octanol–water partition coefficient (Wildman–Crippen LogP) is 6.04. The van der Waals surface area contributed by atoms with Crippen molar-refractivity contribution in [2.45, 2.75) is 44.9 Å². The molecular weight excluding hydrogens is 428 g/mol. The van der Waals surface area contributed by atoms with Crippen LogP contribution in [0.25, 0.3) is 0 Å². The van der Waals surface area contributed by atoms with Crippen LogP contribution < -0.4 is 5.32 Å². The van der Waals surface area contributed by atoms with Gasteiger partial charge in [0.05, 0.1) is 5.76 Å². The topological polar surface area (TPSA) is 88.0 Å². The number of benzene rings is 2. The summed E-state index contributed by atoms with van der Waals surface area (Å²) in [7, 11) is 0. The van der Waals surface area contributed by atoms with Crippen molar-refractivity contribution in [2.24, 2.45) is 5.16 Å². The Hall–Kier alpha value is -3.12. The van der Waals surface area contributed by atoms with Gasteiger partial charge in [0.2, 0.25) is 0 Å². The van der Waals surface area contributed by atoms with Gasteiger partial charge in [-0.2, -0.15) is 0 Å². The Labute approximate surface area is 192 Å². The number of hydrogen-bond acceptors (Lipinski definition) is 5. The van der Waals surface area contributed by atoms with Gasteiger partial charge in [0.1, 0.15) is 6.61 Å². The number of nitrogens with zero attached hydrogens (tertiary/aromatic N) is 1. The van der Waals surface area contributed by atoms with Gasteiger partial charge >= 0.3 is 0 Å². The van der Waals surface area contributed by atoms with Crippen molar-refractivity contribution in [3.63, 3.8) is 0 Å². The molecule has 1 atom stereocenters. The molecule has 0 radical (unpaired) electrons.